The third-order valence-corrected chi connectivity index (χ3v) is 20.2. The van der Waals surface area contributed by atoms with Crippen LogP contribution in [0.4, 0.5) is 35.0 Å². The number of nitrogens with one attached hydrogen (secondary N) is 3. The van der Waals surface area contributed by atoms with Crippen molar-refractivity contribution in [2.75, 3.05) is 68.6 Å². The van der Waals surface area contributed by atoms with Crippen LogP contribution in [0.2, 0.25) is 5.15 Å². The Morgan fingerprint density at radius 2 is 0.887 bits per heavy atom. The van der Waals surface area contributed by atoms with Gasteiger partial charge in [-0.05, 0) is 198 Å². The smallest absolute Gasteiger partial charge is 0.335 e. The van der Waals surface area contributed by atoms with Gasteiger partial charge in [-0.15, -0.1) is 0 Å². The second kappa shape index (κ2) is 49.0. The van der Waals surface area contributed by atoms with E-state index in [9.17, 15) is 37.4 Å². The zero-order valence-corrected chi connectivity index (χ0v) is 74.4. The minimum atomic E-state index is -1.02. The number of nitrogens with two attached hydrogens (primary N) is 1. The number of aliphatic hydroxyl groups is 2. The molecule has 2 radical (unpaired) electrons. The normalized spacial score (nSPS) is 11.9. The van der Waals surface area contributed by atoms with E-state index < -0.39 is 59.4 Å². The van der Waals surface area contributed by atoms with E-state index in [1.54, 1.807) is 42.9 Å². The Morgan fingerprint density at radius 1 is 0.496 bits per heavy atom. The van der Waals surface area contributed by atoms with Crippen LogP contribution >= 0.6 is 43.5 Å². The number of aromatic carboxylic acids is 1. The third kappa shape index (κ3) is 29.9. The summed E-state index contributed by atoms with van der Waals surface area (Å²) in [6.45, 7) is 15.1. The Kier molecular flexibility index (Phi) is 40.0. The fourth-order valence-electron chi connectivity index (χ4n) is 12.8. The monoisotopic (exact) mass is 1940 g/mol. The summed E-state index contributed by atoms with van der Waals surface area (Å²) in [6, 6.07) is 52.2. The number of hydrogen-bond donors (Lipinski definition) is 7. The second-order valence-corrected chi connectivity index (χ2v) is 30.0. The van der Waals surface area contributed by atoms with Gasteiger partial charge in [0.15, 0.2) is 0 Å². The number of carbonyl (C=O) groups excluding carboxylic acids is 1. The summed E-state index contributed by atoms with van der Waals surface area (Å²) in [4.78, 5) is 48.3. The number of benzene rings is 8. The number of halogens is 7. The fourth-order valence-corrected chi connectivity index (χ4v) is 13.7. The van der Waals surface area contributed by atoms with Gasteiger partial charge >= 0.3 is 5.97 Å². The van der Waals surface area contributed by atoms with Crippen molar-refractivity contribution in [2.45, 2.75) is 130 Å². The summed E-state index contributed by atoms with van der Waals surface area (Å²) in [5, 5.41) is 48.5. The molecule has 4 aromatic heterocycles. The average molecular weight is 1940 g/mol. The number of rotatable bonds is 30. The number of pyridine rings is 4. The molecule has 4 atom stereocenters. The molecule has 0 aliphatic rings. The number of nitrogens with zero attached hydrogens (tertiary/aromatic N) is 7. The number of carbonyl (C=O) groups is 2. The molecule has 606 valence electrons. The number of carboxylic acids is 1. The van der Waals surface area contributed by atoms with Crippen LogP contribution in [-0.4, -0.2) is 135 Å². The molecule has 8 aromatic carbocycles. The zero-order chi connectivity index (χ0) is 83.5. The number of hydrogen-bond acceptors (Lipinski definition) is 14. The molecule has 16 nitrogen and oxygen atoms in total. The average Bonchev–Trinajstić information content (AvgIpc) is 0.807. The molecule has 12 rings (SSSR count). The fraction of sp³-hybridized carbons (Fsp3) is 0.311. The molecule has 0 spiro atoms. The van der Waals surface area contributed by atoms with Crippen LogP contribution in [-0.2, 0) is 38.8 Å². The van der Waals surface area contributed by atoms with Gasteiger partial charge in [0.2, 0.25) is 0 Å². The number of unbranched alkanes of at least 4 members (excludes halogenated alkanes) is 2. The predicted molar refractivity (Wildman–Crippen MR) is 470 cm³/mol. The molecule has 0 saturated carbocycles. The van der Waals surface area contributed by atoms with Crippen LogP contribution in [0.1, 0.15) is 122 Å². The Morgan fingerprint density at radius 3 is 1.34 bits per heavy atom. The van der Waals surface area contributed by atoms with E-state index >= 15 is 0 Å². The molecule has 115 heavy (non-hydrogen) atoms. The Hall–Kier alpha value is -8.37. The molecule has 0 aliphatic heterocycles. The maximum absolute atomic E-state index is 14.0. The first-order chi connectivity index (χ1) is 55.4. The van der Waals surface area contributed by atoms with Crippen LogP contribution in [0.5, 0.6) is 0 Å². The van der Waals surface area contributed by atoms with Crippen LogP contribution < -0.4 is 36.4 Å². The van der Waals surface area contributed by atoms with Gasteiger partial charge in [-0.1, -0.05) is 164 Å². The SMILES string of the molecule is CCCCN(C)c1nccc2ccc(Br)cc12.CCCCN(C)c1nccc2ccc(C(=O)O)cc12.CCCN(C)c1nccc2ccc(C(=O)N[C@@H](Cc3cc(F)cc(F)c3)[C@H](O)CNCc3cccc(CC)c3)cc12.CCc1cccc(CNC[C@@H](O)[C@@H](N)Cc2cc(F)cc(F)c2)c1.Clc1nccc2ccc(Br)cc12.[2HH].[3H][B].[U]. The molecule has 1 amide bonds. The predicted octanol–water partition coefficient (Wildman–Crippen LogP) is 18.6. The molecule has 12 aromatic rings. The summed E-state index contributed by atoms with van der Waals surface area (Å²) in [5.41, 5.74) is 12.1. The van der Waals surface area contributed by atoms with Crippen molar-refractivity contribution < 1.29 is 75.0 Å². The summed E-state index contributed by atoms with van der Waals surface area (Å²) < 4.78 is 61.6. The number of aliphatic hydroxyl groups excluding tert-OH is 2. The minimum absolute atomic E-state index is 0. The van der Waals surface area contributed by atoms with Gasteiger partial charge in [-0.25, -0.2) is 42.3 Å². The Bertz CT molecular complexity index is 5060. The number of anilines is 3. The molecule has 0 bridgehead atoms. The first kappa shape index (κ1) is 93.8. The van der Waals surface area contributed by atoms with Crippen molar-refractivity contribution >= 4 is 124 Å². The minimum Gasteiger partial charge on any atom is -0.478 e. The van der Waals surface area contributed by atoms with Gasteiger partial charge in [0.05, 0.1) is 23.8 Å². The van der Waals surface area contributed by atoms with E-state index in [4.69, 9.17) is 23.8 Å². The molecule has 25 heteroatoms. The van der Waals surface area contributed by atoms with Gasteiger partial charge in [-0.2, -0.15) is 0 Å². The molecular weight excluding hydrogens is 1840 g/mol. The topological polar surface area (TPSA) is 218 Å². The maximum Gasteiger partial charge on any atom is 0.335 e. The van der Waals surface area contributed by atoms with Gasteiger partial charge in [0.25, 0.3) is 5.91 Å². The number of fused-ring (bicyclic) bond motifs is 4. The van der Waals surface area contributed by atoms with E-state index in [2.05, 4.69) is 181 Å². The van der Waals surface area contributed by atoms with E-state index in [-0.39, 0.29) is 51.9 Å². The van der Waals surface area contributed by atoms with Gasteiger partial charge in [-0.3, -0.25) is 4.79 Å². The van der Waals surface area contributed by atoms with Crippen LogP contribution in [0.3, 0.4) is 0 Å². The number of aryl methyl sites for hydroxylation is 2. The van der Waals surface area contributed by atoms with Crippen molar-refractivity contribution in [3.05, 3.63) is 289 Å². The second-order valence-electron chi connectivity index (χ2n) is 27.8. The number of aromatic nitrogens is 4. The molecule has 0 fully saturated rings. The van der Waals surface area contributed by atoms with Gasteiger partial charge < -0.3 is 51.7 Å². The molecule has 0 unspecified atom stereocenters. The van der Waals surface area contributed by atoms with E-state index in [1.807, 2.05) is 93.1 Å². The zero-order valence-electron chi connectivity index (χ0n) is 67.3. The largest absolute Gasteiger partial charge is 0.478 e. The molecule has 0 aliphatic carbocycles. The van der Waals surface area contributed by atoms with Crippen LogP contribution in [0.25, 0.3) is 43.1 Å². The summed E-state index contributed by atoms with van der Waals surface area (Å²) in [7, 11) is 9.82. The van der Waals surface area contributed by atoms with Gasteiger partial charge in [0.1, 0.15) is 45.9 Å². The van der Waals surface area contributed by atoms with Crippen LogP contribution in [0.15, 0.2) is 216 Å². The summed E-state index contributed by atoms with van der Waals surface area (Å²) >= 11 is 12.8. The van der Waals surface area contributed by atoms with Crippen molar-refractivity contribution in [1.29, 1.82) is 1.34 Å². The Balaban J connectivity index is 0.000000275. The maximum atomic E-state index is 14.0. The van der Waals surface area contributed by atoms with E-state index in [0.717, 1.165) is 134 Å². The van der Waals surface area contributed by atoms with Crippen molar-refractivity contribution in [3.63, 3.8) is 0 Å². The quantitative estimate of drug-likeness (QED) is 0.0127. The van der Waals surface area contributed by atoms with Crippen molar-refractivity contribution in [1.82, 2.24) is 35.9 Å². The molecular formula is C90H105BBr2ClF4N11O5U. The summed E-state index contributed by atoms with van der Waals surface area (Å²) in [5.74, 6) is -1.31. The molecule has 8 N–H and O–H groups in total. The first-order valence-corrected chi connectivity index (χ1v) is 40.1. The molecule has 4 heterocycles. The third-order valence-electron chi connectivity index (χ3n) is 18.9. The van der Waals surface area contributed by atoms with E-state index in [0.29, 0.717) is 47.0 Å². The number of carboxylic acid groups (broad SMARTS) is 1. The standard InChI is InChI=1S/C33H38F2N4O2.C19H24F2N2O.C15H18N2O2.C14H17BrN2.C9H5BrClN.BH.U.H2/c1-4-13-39(3)32-29-18-26(10-9-25(29)11-12-37-32)33(41)38-30(17-24-15-27(34)19-28(35)16-24)31(40)21-36-20-23-8-6-7-22(5-2)14-23;1-2-13-4-3-5-14(6-13)11-23-12-19(24)18(22)9-15-7-16(20)10-17(21)8-15;1-3-4-9-17(2)14-13-10-12(15(18)19)6-5-11(13)7-8-16-14;1-3-4-9-17(2)14-13-10-12(15)6-5-11(13)7-8-16-14;10-7-2-1-6-3-4-12-9(11)8(6)5-7;;;/h6-12,14-16,18-19,30-31,36,40H,4-5,13,17,20-21H2,1-3H3,(H,38,41);3-8,10,18-19,23-24H,2,9,11-12,22H2,1H3;5-8,10H,3-4,9H2,1-2H3,(H,18,19);5-8,10H,3-4,9H2,1-2H3;1-5H;1H;;1H/t30-,31+;18-,19+;;;;;;/m00....../s1/i;;;;;1T;;1+1. The number of amides is 1. The van der Waals surface area contributed by atoms with E-state index in [1.165, 1.54) is 59.0 Å². The van der Waals surface area contributed by atoms with Gasteiger partial charge in [0, 0.05) is 187 Å². The Labute approximate surface area is 723 Å². The summed E-state index contributed by atoms with van der Waals surface area (Å²) in [6.07, 6.45) is 13.0. The van der Waals surface area contributed by atoms with Crippen molar-refractivity contribution in [3.8, 4) is 0 Å². The first-order valence-electron chi connectivity index (χ1n) is 38.7. The van der Waals surface area contributed by atoms with Crippen LogP contribution in [0, 0.1) is 54.4 Å². The molecule has 0 saturated heterocycles. The van der Waals surface area contributed by atoms with Crippen molar-refractivity contribution in [2.24, 2.45) is 5.73 Å².